The standard InChI is InChI=1S/C14H29NO4/c1-13(2)15-11-14(3)12-19-10-9-18-8-7-17-6-5-16-4/h13,15H,3,5-12H2,1-2,4H3. The van der Waals surface area contributed by atoms with Crippen LogP contribution in [0.2, 0.25) is 0 Å². The topological polar surface area (TPSA) is 49.0 Å². The molecule has 0 aromatic rings. The summed E-state index contributed by atoms with van der Waals surface area (Å²) < 4.78 is 20.9. The van der Waals surface area contributed by atoms with Crippen molar-refractivity contribution in [3.8, 4) is 0 Å². The molecule has 0 bridgehead atoms. The molecule has 5 nitrogen and oxygen atoms in total. The van der Waals surface area contributed by atoms with Crippen molar-refractivity contribution in [3.63, 3.8) is 0 Å². The van der Waals surface area contributed by atoms with Gasteiger partial charge in [0.1, 0.15) is 0 Å². The Balaban J connectivity index is 3.11. The summed E-state index contributed by atoms with van der Waals surface area (Å²) in [5.41, 5.74) is 1.05. The van der Waals surface area contributed by atoms with E-state index in [0.717, 1.165) is 12.1 Å². The zero-order chi connectivity index (χ0) is 14.3. The van der Waals surface area contributed by atoms with Crippen molar-refractivity contribution >= 4 is 0 Å². The molecule has 0 unspecified atom stereocenters. The summed E-state index contributed by atoms with van der Waals surface area (Å²) in [6, 6.07) is 0.471. The first-order valence-corrected chi connectivity index (χ1v) is 6.79. The molecule has 1 N–H and O–H groups in total. The van der Waals surface area contributed by atoms with E-state index >= 15 is 0 Å². The second-order valence-electron chi connectivity index (χ2n) is 4.56. The molecule has 0 rings (SSSR count). The van der Waals surface area contributed by atoms with Crippen molar-refractivity contribution in [2.24, 2.45) is 0 Å². The van der Waals surface area contributed by atoms with Gasteiger partial charge in [0, 0.05) is 19.7 Å². The lowest BCUT2D eigenvalue weighted by Gasteiger charge is -2.11. The highest BCUT2D eigenvalue weighted by molar-refractivity contribution is 4.97. The van der Waals surface area contributed by atoms with Gasteiger partial charge < -0.3 is 24.3 Å². The van der Waals surface area contributed by atoms with E-state index in [2.05, 4.69) is 25.7 Å². The Labute approximate surface area is 117 Å². The highest BCUT2D eigenvalue weighted by Gasteiger charge is 1.97. The van der Waals surface area contributed by atoms with Crippen LogP contribution < -0.4 is 5.32 Å². The third-order valence-corrected chi connectivity index (χ3v) is 2.24. The van der Waals surface area contributed by atoms with E-state index in [0.29, 0.717) is 52.3 Å². The van der Waals surface area contributed by atoms with E-state index in [-0.39, 0.29) is 0 Å². The Morgan fingerprint density at radius 2 is 1.47 bits per heavy atom. The fraction of sp³-hybridized carbons (Fsp3) is 0.857. The normalized spacial score (nSPS) is 11.2. The lowest BCUT2D eigenvalue weighted by Crippen LogP contribution is -2.26. The first-order chi connectivity index (χ1) is 9.16. The summed E-state index contributed by atoms with van der Waals surface area (Å²) >= 11 is 0. The van der Waals surface area contributed by atoms with Gasteiger partial charge in [0.25, 0.3) is 0 Å². The molecule has 0 amide bonds. The van der Waals surface area contributed by atoms with Gasteiger partial charge in [0.2, 0.25) is 0 Å². The number of nitrogens with one attached hydrogen (secondary N) is 1. The molecule has 19 heavy (non-hydrogen) atoms. The molecule has 0 spiro atoms. The van der Waals surface area contributed by atoms with Gasteiger partial charge in [-0.05, 0) is 5.57 Å². The molecule has 0 saturated heterocycles. The maximum Gasteiger partial charge on any atom is 0.0704 e. The van der Waals surface area contributed by atoms with Gasteiger partial charge in [-0.15, -0.1) is 0 Å². The predicted molar refractivity (Wildman–Crippen MR) is 76.6 cm³/mol. The highest BCUT2D eigenvalue weighted by atomic mass is 16.6. The SMILES string of the molecule is C=C(CNC(C)C)COCCOCCOCCOC. The molecule has 0 aliphatic rings. The number of hydrogen-bond acceptors (Lipinski definition) is 5. The fourth-order valence-electron chi connectivity index (χ4n) is 1.20. The van der Waals surface area contributed by atoms with E-state index in [9.17, 15) is 0 Å². The van der Waals surface area contributed by atoms with Crippen molar-refractivity contribution in [1.82, 2.24) is 5.32 Å². The van der Waals surface area contributed by atoms with E-state index in [1.807, 2.05) is 0 Å². The van der Waals surface area contributed by atoms with Gasteiger partial charge in [-0.25, -0.2) is 0 Å². The molecule has 5 heteroatoms. The van der Waals surface area contributed by atoms with Crippen LogP contribution in [0, 0.1) is 0 Å². The van der Waals surface area contributed by atoms with Crippen molar-refractivity contribution in [2.45, 2.75) is 19.9 Å². The third-order valence-electron chi connectivity index (χ3n) is 2.24. The quantitative estimate of drug-likeness (QED) is 0.382. The first-order valence-electron chi connectivity index (χ1n) is 6.79. The Hall–Kier alpha value is -0.460. The number of rotatable bonds is 14. The Kier molecular flexibility index (Phi) is 13.6. The Bertz CT molecular complexity index is 210. The van der Waals surface area contributed by atoms with Crippen molar-refractivity contribution < 1.29 is 18.9 Å². The van der Waals surface area contributed by atoms with Gasteiger partial charge in [0.15, 0.2) is 0 Å². The molecule has 0 saturated carbocycles. The number of hydrogen-bond donors (Lipinski definition) is 1. The van der Waals surface area contributed by atoms with Gasteiger partial charge in [-0.1, -0.05) is 20.4 Å². The second kappa shape index (κ2) is 14.0. The molecule has 0 radical (unpaired) electrons. The van der Waals surface area contributed by atoms with E-state index < -0.39 is 0 Å². The molecule has 0 aromatic carbocycles. The maximum atomic E-state index is 5.45. The highest BCUT2D eigenvalue weighted by Crippen LogP contribution is 1.91. The van der Waals surface area contributed by atoms with E-state index in [1.54, 1.807) is 7.11 Å². The van der Waals surface area contributed by atoms with E-state index in [4.69, 9.17) is 18.9 Å². The zero-order valence-corrected chi connectivity index (χ0v) is 12.6. The summed E-state index contributed by atoms with van der Waals surface area (Å²) in [5, 5.41) is 3.29. The van der Waals surface area contributed by atoms with Gasteiger partial charge in [0.05, 0.1) is 46.2 Å². The van der Waals surface area contributed by atoms with Crippen LogP contribution in [-0.4, -0.2) is 65.9 Å². The molecule has 114 valence electrons. The predicted octanol–water partition coefficient (Wildman–Crippen LogP) is 1.24. The first kappa shape index (κ1) is 18.5. The minimum atomic E-state index is 0.471. The maximum absolute atomic E-state index is 5.45. The lowest BCUT2D eigenvalue weighted by atomic mass is 10.3. The average molecular weight is 275 g/mol. The molecule has 0 aliphatic carbocycles. The summed E-state index contributed by atoms with van der Waals surface area (Å²) in [4.78, 5) is 0. The van der Waals surface area contributed by atoms with Crippen LogP contribution in [0.3, 0.4) is 0 Å². The molecule has 0 heterocycles. The molecule has 0 atom stereocenters. The van der Waals surface area contributed by atoms with Crippen LogP contribution in [0.1, 0.15) is 13.8 Å². The minimum absolute atomic E-state index is 0.471. The van der Waals surface area contributed by atoms with Crippen LogP contribution in [0.25, 0.3) is 0 Å². The summed E-state index contributed by atoms with van der Waals surface area (Å²) in [7, 11) is 1.65. The largest absolute Gasteiger partial charge is 0.382 e. The average Bonchev–Trinajstić information content (AvgIpc) is 2.38. The Morgan fingerprint density at radius 1 is 0.947 bits per heavy atom. The lowest BCUT2D eigenvalue weighted by molar-refractivity contribution is 0.00632. The summed E-state index contributed by atoms with van der Waals surface area (Å²) in [5.74, 6) is 0. The van der Waals surface area contributed by atoms with Crippen LogP contribution in [0.5, 0.6) is 0 Å². The van der Waals surface area contributed by atoms with Crippen molar-refractivity contribution in [2.75, 3.05) is 59.9 Å². The monoisotopic (exact) mass is 275 g/mol. The smallest absolute Gasteiger partial charge is 0.0704 e. The van der Waals surface area contributed by atoms with Crippen molar-refractivity contribution in [1.29, 1.82) is 0 Å². The summed E-state index contributed by atoms with van der Waals surface area (Å²) in [6.07, 6.45) is 0. The number of ether oxygens (including phenoxy) is 4. The second-order valence-corrected chi connectivity index (χ2v) is 4.56. The van der Waals surface area contributed by atoms with Crippen LogP contribution in [-0.2, 0) is 18.9 Å². The van der Waals surface area contributed by atoms with Gasteiger partial charge in [-0.3, -0.25) is 0 Å². The van der Waals surface area contributed by atoms with Crippen LogP contribution in [0.15, 0.2) is 12.2 Å². The van der Waals surface area contributed by atoms with Gasteiger partial charge >= 0.3 is 0 Å². The van der Waals surface area contributed by atoms with Crippen LogP contribution in [0.4, 0.5) is 0 Å². The molecular formula is C14H29NO4. The summed E-state index contributed by atoms with van der Waals surface area (Å²) in [6.45, 7) is 13.1. The molecule has 0 aromatic heterocycles. The van der Waals surface area contributed by atoms with E-state index in [1.165, 1.54) is 0 Å². The molecule has 0 fully saturated rings. The van der Waals surface area contributed by atoms with Crippen LogP contribution >= 0.6 is 0 Å². The third kappa shape index (κ3) is 15.5. The molecular weight excluding hydrogens is 246 g/mol. The Morgan fingerprint density at radius 3 is 2.00 bits per heavy atom. The fourth-order valence-corrected chi connectivity index (χ4v) is 1.20. The number of methoxy groups -OCH3 is 1. The van der Waals surface area contributed by atoms with Gasteiger partial charge in [-0.2, -0.15) is 0 Å². The zero-order valence-electron chi connectivity index (χ0n) is 12.6. The molecule has 0 aliphatic heterocycles. The van der Waals surface area contributed by atoms with Crippen molar-refractivity contribution in [3.05, 3.63) is 12.2 Å². The minimum Gasteiger partial charge on any atom is -0.382 e.